The summed E-state index contributed by atoms with van der Waals surface area (Å²) in [5, 5.41) is 9.50. The van der Waals surface area contributed by atoms with E-state index in [4.69, 9.17) is 15.7 Å². The minimum atomic E-state index is -1.19. The molecule has 3 rings (SSSR count). The molecule has 0 unspecified atom stereocenters. The van der Waals surface area contributed by atoms with E-state index in [1.54, 1.807) is 0 Å². The number of carboxylic acids is 1. The molecule has 6 heteroatoms. The Labute approximate surface area is 139 Å². The Hall–Kier alpha value is -2.86. The normalized spacial score (nSPS) is 13.8. The van der Waals surface area contributed by atoms with Crippen LogP contribution in [0, 0.1) is 0 Å². The zero-order valence-electron chi connectivity index (χ0n) is 13.2. The van der Waals surface area contributed by atoms with Crippen LogP contribution in [0.5, 0.6) is 0 Å². The van der Waals surface area contributed by atoms with Crippen molar-refractivity contribution in [2.75, 3.05) is 6.61 Å². The highest BCUT2D eigenvalue weighted by Gasteiger charge is 2.30. The molecule has 0 aromatic heterocycles. The average Bonchev–Trinajstić information content (AvgIpc) is 2.92. The highest BCUT2D eigenvalue weighted by Crippen LogP contribution is 2.44. The molecule has 0 fully saturated rings. The van der Waals surface area contributed by atoms with E-state index < -0.39 is 18.1 Å². The fraction of sp³-hybridized carbons (Fsp3) is 0.222. The molecule has 1 aliphatic carbocycles. The number of ether oxygens (including phenoxy) is 1. The molecule has 1 aliphatic rings. The van der Waals surface area contributed by atoms with Crippen LogP contribution in [0.4, 0.5) is 4.79 Å². The summed E-state index contributed by atoms with van der Waals surface area (Å²) in [6.07, 6.45) is -0.855. The lowest BCUT2D eigenvalue weighted by Gasteiger charge is -2.21. The fourth-order valence-corrected chi connectivity index (χ4v) is 2.95. The van der Waals surface area contributed by atoms with Gasteiger partial charge in [0.1, 0.15) is 12.6 Å². The number of hydrazine groups is 1. The Bertz CT molecular complexity index is 745. The van der Waals surface area contributed by atoms with Crippen molar-refractivity contribution < 1.29 is 19.4 Å². The Morgan fingerprint density at radius 2 is 1.62 bits per heavy atom. The molecule has 3 N–H and O–H groups in total. The highest BCUT2D eigenvalue weighted by atomic mass is 16.6. The van der Waals surface area contributed by atoms with E-state index in [1.165, 1.54) is 6.92 Å². The summed E-state index contributed by atoms with van der Waals surface area (Å²) in [6.45, 7) is 1.43. The monoisotopic (exact) mass is 326 g/mol. The number of hydrogen-bond acceptors (Lipinski definition) is 4. The topological polar surface area (TPSA) is 92.9 Å². The van der Waals surface area contributed by atoms with Crippen LogP contribution in [0.25, 0.3) is 11.1 Å². The highest BCUT2D eigenvalue weighted by molar-refractivity contribution is 5.80. The van der Waals surface area contributed by atoms with Gasteiger partial charge in [0, 0.05) is 5.92 Å². The lowest BCUT2D eigenvalue weighted by atomic mass is 9.98. The number of carbonyl (C=O) groups excluding carboxylic acids is 1. The third kappa shape index (κ3) is 2.72. The Balaban J connectivity index is 1.79. The molecule has 0 radical (unpaired) electrons. The fourth-order valence-electron chi connectivity index (χ4n) is 2.95. The van der Waals surface area contributed by atoms with Crippen LogP contribution in [-0.2, 0) is 9.53 Å². The molecular weight excluding hydrogens is 308 g/mol. The van der Waals surface area contributed by atoms with E-state index in [0.29, 0.717) is 5.01 Å². The molecule has 24 heavy (non-hydrogen) atoms. The van der Waals surface area contributed by atoms with Gasteiger partial charge in [0.05, 0.1) is 0 Å². The number of carbonyl (C=O) groups is 2. The Morgan fingerprint density at radius 1 is 1.12 bits per heavy atom. The molecule has 1 atom stereocenters. The lowest BCUT2D eigenvalue weighted by molar-refractivity contribution is -0.142. The molecule has 0 saturated carbocycles. The smallest absolute Gasteiger partial charge is 0.424 e. The maximum Gasteiger partial charge on any atom is 0.424 e. The molecule has 0 bridgehead atoms. The number of nitrogens with two attached hydrogens (primary N) is 1. The van der Waals surface area contributed by atoms with E-state index in [9.17, 15) is 9.59 Å². The van der Waals surface area contributed by atoms with Gasteiger partial charge in [-0.2, -0.15) is 0 Å². The van der Waals surface area contributed by atoms with Crippen molar-refractivity contribution in [1.82, 2.24) is 5.01 Å². The van der Waals surface area contributed by atoms with Crippen molar-refractivity contribution in [1.29, 1.82) is 0 Å². The summed E-state index contributed by atoms with van der Waals surface area (Å²) >= 11 is 0. The number of hydrogen-bond donors (Lipinski definition) is 2. The SMILES string of the molecule is C[C@@H](C(=O)O)N(N)C(=O)OCC1c2ccccc2-c2ccccc21. The second-order valence-electron chi connectivity index (χ2n) is 5.73. The van der Waals surface area contributed by atoms with Crippen LogP contribution in [0.15, 0.2) is 48.5 Å². The van der Waals surface area contributed by atoms with Crippen LogP contribution in [-0.4, -0.2) is 34.8 Å². The largest absolute Gasteiger partial charge is 0.480 e. The van der Waals surface area contributed by atoms with Gasteiger partial charge in [0.15, 0.2) is 0 Å². The minimum absolute atomic E-state index is 0.0881. The van der Waals surface area contributed by atoms with Crippen molar-refractivity contribution in [2.45, 2.75) is 18.9 Å². The van der Waals surface area contributed by atoms with Gasteiger partial charge >= 0.3 is 12.1 Å². The lowest BCUT2D eigenvalue weighted by Crippen LogP contribution is -2.48. The maximum absolute atomic E-state index is 12.0. The number of nitrogens with zero attached hydrogens (tertiary/aromatic N) is 1. The van der Waals surface area contributed by atoms with Gasteiger partial charge in [0.2, 0.25) is 0 Å². The summed E-state index contributed by atoms with van der Waals surface area (Å²) in [7, 11) is 0. The summed E-state index contributed by atoms with van der Waals surface area (Å²) < 4.78 is 5.27. The predicted octanol–water partition coefficient (Wildman–Crippen LogP) is 2.58. The summed E-state index contributed by atoms with van der Waals surface area (Å²) in [5.41, 5.74) is 4.41. The molecule has 0 aliphatic heterocycles. The third-order valence-electron chi connectivity index (χ3n) is 4.32. The molecule has 6 nitrogen and oxygen atoms in total. The van der Waals surface area contributed by atoms with Crippen molar-refractivity contribution in [2.24, 2.45) is 5.84 Å². The first-order chi connectivity index (χ1) is 11.5. The van der Waals surface area contributed by atoms with Crippen LogP contribution in [0.1, 0.15) is 24.0 Å². The van der Waals surface area contributed by atoms with Gasteiger partial charge in [-0.1, -0.05) is 48.5 Å². The molecule has 2 aromatic carbocycles. The van der Waals surface area contributed by atoms with Gasteiger partial charge in [-0.15, -0.1) is 0 Å². The number of aliphatic carboxylic acids is 1. The number of amides is 1. The van der Waals surface area contributed by atoms with E-state index >= 15 is 0 Å². The van der Waals surface area contributed by atoms with Crippen LogP contribution in [0.3, 0.4) is 0 Å². The maximum atomic E-state index is 12.0. The van der Waals surface area contributed by atoms with Gasteiger partial charge < -0.3 is 9.84 Å². The van der Waals surface area contributed by atoms with Gasteiger partial charge in [-0.3, -0.25) is 0 Å². The standard InChI is InChI=1S/C18H18N2O4/c1-11(17(21)22)20(19)18(23)24-10-16-14-8-4-2-6-12(14)13-7-3-5-9-15(13)16/h2-9,11,16H,10,19H2,1H3,(H,21,22)/t11-/m0/s1. The number of rotatable bonds is 4. The summed E-state index contributed by atoms with van der Waals surface area (Å²) in [4.78, 5) is 22.9. The Kier molecular flexibility index (Phi) is 4.22. The quantitative estimate of drug-likeness (QED) is 0.512. The molecular formula is C18H18N2O4. The first kappa shape index (κ1) is 16.0. The second-order valence-corrected chi connectivity index (χ2v) is 5.73. The van der Waals surface area contributed by atoms with E-state index in [0.717, 1.165) is 22.3 Å². The first-order valence-corrected chi connectivity index (χ1v) is 7.62. The average molecular weight is 326 g/mol. The van der Waals surface area contributed by atoms with E-state index in [1.807, 2.05) is 48.5 Å². The molecule has 0 saturated heterocycles. The van der Waals surface area contributed by atoms with Crippen LogP contribution < -0.4 is 5.84 Å². The summed E-state index contributed by atoms with van der Waals surface area (Å²) in [5.74, 6) is 4.24. The second kappa shape index (κ2) is 6.33. The van der Waals surface area contributed by atoms with Gasteiger partial charge in [0.25, 0.3) is 0 Å². The number of fused-ring (bicyclic) bond motifs is 3. The molecule has 124 valence electrons. The first-order valence-electron chi connectivity index (χ1n) is 7.62. The van der Waals surface area contributed by atoms with Crippen LogP contribution in [0.2, 0.25) is 0 Å². The molecule has 0 spiro atoms. The zero-order valence-corrected chi connectivity index (χ0v) is 13.2. The van der Waals surface area contributed by atoms with Crippen molar-refractivity contribution in [3.8, 4) is 11.1 Å². The predicted molar refractivity (Wildman–Crippen MR) is 88.2 cm³/mol. The molecule has 1 amide bonds. The van der Waals surface area contributed by atoms with Crippen molar-refractivity contribution in [3.63, 3.8) is 0 Å². The van der Waals surface area contributed by atoms with Crippen LogP contribution >= 0.6 is 0 Å². The van der Waals surface area contributed by atoms with Crippen molar-refractivity contribution in [3.05, 3.63) is 59.7 Å². The molecule has 0 heterocycles. The zero-order chi connectivity index (χ0) is 17.3. The van der Waals surface area contributed by atoms with E-state index in [2.05, 4.69) is 0 Å². The van der Waals surface area contributed by atoms with Gasteiger partial charge in [-0.25, -0.2) is 20.4 Å². The van der Waals surface area contributed by atoms with E-state index in [-0.39, 0.29) is 12.5 Å². The van der Waals surface area contributed by atoms with Gasteiger partial charge in [-0.05, 0) is 29.2 Å². The number of benzene rings is 2. The molecule has 2 aromatic rings. The summed E-state index contributed by atoms with van der Waals surface area (Å²) in [6, 6.07) is 14.8. The third-order valence-corrected chi connectivity index (χ3v) is 4.32. The minimum Gasteiger partial charge on any atom is -0.480 e. The Morgan fingerprint density at radius 3 is 2.12 bits per heavy atom. The number of carboxylic acid groups (broad SMARTS) is 1. The van der Waals surface area contributed by atoms with Crippen molar-refractivity contribution >= 4 is 12.1 Å².